The van der Waals surface area contributed by atoms with Crippen molar-refractivity contribution < 1.29 is 0 Å². The molecule has 1 aliphatic heterocycles. The summed E-state index contributed by atoms with van der Waals surface area (Å²) in [4.78, 5) is 2.43. The second-order valence-corrected chi connectivity index (χ2v) is 8.13. The lowest BCUT2D eigenvalue weighted by atomic mass is 9.64. The summed E-state index contributed by atoms with van der Waals surface area (Å²) in [6.45, 7) is 11.5. The Morgan fingerprint density at radius 1 is 1.20 bits per heavy atom. The summed E-state index contributed by atoms with van der Waals surface area (Å²) in [6, 6.07) is 0.368. The lowest BCUT2D eigenvalue weighted by molar-refractivity contribution is 0.229. The summed E-state index contributed by atoms with van der Waals surface area (Å²) in [5.74, 6) is 1.19. The molecule has 1 fully saturated rings. The minimum absolute atomic E-state index is 0.193. The van der Waals surface area contributed by atoms with E-state index in [1.807, 2.05) is 0 Å². The zero-order chi connectivity index (χ0) is 14.5. The summed E-state index contributed by atoms with van der Waals surface area (Å²) >= 11 is 0. The molecule has 20 heavy (non-hydrogen) atoms. The van der Waals surface area contributed by atoms with Gasteiger partial charge in [-0.05, 0) is 36.5 Å². The number of H-pyrrole nitrogens is 1. The van der Waals surface area contributed by atoms with Crippen LogP contribution in [0.3, 0.4) is 0 Å². The summed E-state index contributed by atoms with van der Waals surface area (Å²) in [6.07, 6.45) is 4.47. The van der Waals surface area contributed by atoms with Gasteiger partial charge in [0.15, 0.2) is 5.82 Å². The average molecular weight is 276 g/mol. The van der Waals surface area contributed by atoms with E-state index in [1.54, 1.807) is 0 Å². The molecule has 2 heterocycles. The number of nitrogens with two attached hydrogens (primary N) is 1. The van der Waals surface area contributed by atoms with Gasteiger partial charge in [-0.3, -0.25) is 5.10 Å². The van der Waals surface area contributed by atoms with Crippen LogP contribution in [-0.4, -0.2) is 29.3 Å². The van der Waals surface area contributed by atoms with Gasteiger partial charge in [-0.15, -0.1) is 0 Å². The third-order valence-corrected chi connectivity index (χ3v) is 4.91. The van der Waals surface area contributed by atoms with Gasteiger partial charge in [-0.25, -0.2) is 0 Å². The maximum Gasteiger partial charge on any atom is 0.154 e. The van der Waals surface area contributed by atoms with Crippen LogP contribution >= 0.6 is 0 Å². The Balaban J connectivity index is 1.94. The van der Waals surface area contributed by atoms with Gasteiger partial charge in [0, 0.05) is 30.4 Å². The maximum absolute atomic E-state index is 6.02. The fraction of sp³-hybridized carbons (Fsp3) is 0.812. The monoisotopic (exact) mass is 276 g/mol. The maximum atomic E-state index is 6.02. The summed E-state index contributed by atoms with van der Waals surface area (Å²) < 4.78 is 0. The number of fused-ring (bicyclic) bond motifs is 1. The molecule has 1 aromatic rings. The first-order chi connectivity index (χ1) is 9.28. The Hall–Kier alpha value is -1.03. The van der Waals surface area contributed by atoms with E-state index in [9.17, 15) is 0 Å². The number of anilines is 1. The molecule has 0 amide bonds. The van der Waals surface area contributed by atoms with Crippen molar-refractivity contribution in [3.63, 3.8) is 0 Å². The molecule has 0 unspecified atom stereocenters. The van der Waals surface area contributed by atoms with Crippen molar-refractivity contribution in [3.05, 3.63) is 11.3 Å². The van der Waals surface area contributed by atoms with Crippen LogP contribution in [0.5, 0.6) is 0 Å². The summed E-state index contributed by atoms with van der Waals surface area (Å²) in [5, 5.41) is 7.99. The number of hydrogen-bond donors (Lipinski definition) is 2. The fourth-order valence-electron chi connectivity index (χ4n) is 4.37. The molecule has 1 aliphatic carbocycles. The third kappa shape index (κ3) is 2.34. The van der Waals surface area contributed by atoms with Gasteiger partial charge in [0.1, 0.15) is 0 Å². The Kier molecular flexibility index (Phi) is 3.12. The summed E-state index contributed by atoms with van der Waals surface area (Å²) in [5.41, 5.74) is 9.36. The smallest absolute Gasteiger partial charge is 0.154 e. The van der Waals surface area contributed by atoms with Crippen molar-refractivity contribution in [1.82, 2.24) is 10.2 Å². The lowest BCUT2D eigenvalue weighted by Gasteiger charge is -2.42. The molecular weight excluding hydrogens is 248 g/mol. The quantitative estimate of drug-likeness (QED) is 0.829. The van der Waals surface area contributed by atoms with Crippen LogP contribution in [0.4, 0.5) is 5.82 Å². The van der Waals surface area contributed by atoms with Crippen LogP contribution in [0.25, 0.3) is 0 Å². The molecule has 0 bridgehead atoms. The van der Waals surface area contributed by atoms with Gasteiger partial charge in [-0.2, -0.15) is 5.10 Å². The minimum atomic E-state index is 0.193. The number of aromatic nitrogens is 2. The highest BCUT2D eigenvalue weighted by Crippen LogP contribution is 2.48. The molecule has 1 aromatic heterocycles. The van der Waals surface area contributed by atoms with Gasteiger partial charge in [0.25, 0.3) is 0 Å². The van der Waals surface area contributed by atoms with Crippen LogP contribution in [-0.2, 0) is 11.8 Å². The van der Waals surface area contributed by atoms with Crippen molar-refractivity contribution >= 4 is 5.82 Å². The van der Waals surface area contributed by atoms with E-state index < -0.39 is 0 Å². The predicted molar refractivity (Wildman–Crippen MR) is 83.1 cm³/mol. The number of piperidine rings is 1. The molecule has 0 radical (unpaired) electrons. The highest BCUT2D eigenvalue weighted by atomic mass is 15.3. The van der Waals surface area contributed by atoms with Crippen LogP contribution in [0.1, 0.15) is 58.2 Å². The van der Waals surface area contributed by atoms with Gasteiger partial charge in [-0.1, -0.05) is 27.7 Å². The van der Waals surface area contributed by atoms with E-state index in [0.29, 0.717) is 11.5 Å². The van der Waals surface area contributed by atoms with Crippen molar-refractivity contribution in [1.29, 1.82) is 0 Å². The van der Waals surface area contributed by atoms with E-state index in [1.165, 1.54) is 23.5 Å². The fourth-order valence-corrected chi connectivity index (χ4v) is 4.37. The molecule has 0 atom stereocenters. The number of hydrogen-bond acceptors (Lipinski definition) is 3. The highest BCUT2D eigenvalue weighted by molar-refractivity contribution is 5.54. The van der Waals surface area contributed by atoms with Crippen molar-refractivity contribution in [2.45, 2.75) is 64.8 Å². The molecule has 2 aliphatic rings. The largest absolute Gasteiger partial charge is 0.355 e. The van der Waals surface area contributed by atoms with Crippen molar-refractivity contribution in [2.75, 3.05) is 18.0 Å². The number of rotatable bonds is 1. The Labute approximate surface area is 122 Å². The Morgan fingerprint density at radius 2 is 1.85 bits per heavy atom. The molecule has 1 saturated heterocycles. The molecule has 3 N–H and O–H groups in total. The van der Waals surface area contributed by atoms with E-state index in [2.05, 4.69) is 42.8 Å². The topological polar surface area (TPSA) is 57.9 Å². The van der Waals surface area contributed by atoms with Gasteiger partial charge in [0.05, 0.1) is 0 Å². The predicted octanol–water partition coefficient (Wildman–Crippen LogP) is 2.59. The van der Waals surface area contributed by atoms with E-state index in [4.69, 9.17) is 5.73 Å². The molecule has 0 saturated carbocycles. The van der Waals surface area contributed by atoms with Crippen LogP contribution in [0, 0.1) is 5.41 Å². The van der Waals surface area contributed by atoms with Gasteiger partial charge >= 0.3 is 0 Å². The summed E-state index contributed by atoms with van der Waals surface area (Å²) in [7, 11) is 0. The number of nitrogens with one attached hydrogen (secondary N) is 1. The zero-order valence-corrected chi connectivity index (χ0v) is 13.3. The first-order valence-corrected chi connectivity index (χ1v) is 7.87. The molecule has 4 heteroatoms. The Bertz CT molecular complexity index is 493. The number of aromatic amines is 1. The standard InChI is InChI=1S/C16H28N4/c1-15(2)9-12-13(16(3,4)10-15)14(19-18-12)20-7-5-11(17)6-8-20/h11H,5-10,17H2,1-4H3,(H,18,19). The molecule has 4 nitrogen and oxygen atoms in total. The minimum Gasteiger partial charge on any atom is -0.355 e. The lowest BCUT2D eigenvalue weighted by Crippen LogP contribution is -2.42. The van der Waals surface area contributed by atoms with Crippen molar-refractivity contribution in [2.24, 2.45) is 11.1 Å². The third-order valence-electron chi connectivity index (χ3n) is 4.91. The molecule has 0 aromatic carbocycles. The zero-order valence-electron chi connectivity index (χ0n) is 13.3. The first-order valence-electron chi connectivity index (χ1n) is 7.87. The van der Waals surface area contributed by atoms with Crippen LogP contribution in [0.15, 0.2) is 0 Å². The van der Waals surface area contributed by atoms with Gasteiger partial charge < -0.3 is 10.6 Å². The van der Waals surface area contributed by atoms with E-state index in [0.717, 1.165) is 32.4 Å². The molecule has 112 valence electrons. The average Bonchev–Trinajstić information content (AvgIpc) is 2.71. The SMILES string of the molecule is CC1(C)Cc2[nH]nc(N3CCC(N)CC3)c2C(C)(C)C1. The van der Waals surface area contributed by atoms with Crippen LogP contribution in [0.2, 0.25) is 0 Å². The second kappa shape index (κ2) is 4.48. The van der Waals surface area contributed by atoms with E-state index in [-0.39, 0.29) is 5.41 Å². The molecule has 0 spiro atoms. The second-order valence-electron chi connectivity index (χ2n) is 8.13. The number of nitrogens with zero attached hydrogens (tertiary/aromatic N) is 2. The van der Waals surface area contributed by atoms with E-state index >= 15 is 0 Å². The van der Waals surface area contributed by atoms with Crippen LogP contribution < -0.4 is 10.6 Å². The Morgan fingerprint density at radius 3 is 2.50 bits per heavy atom. The van der Waals surface area contributed by atoms with Crippen molar-refractivity contribution in [3.8, 4) is 0 Å². The first kappa shape index (κ1) is 13.9. The van der Waals surface area contributed by atoms with Gasteiger partial charge in [0.2, 0.25) is 0 Å². The normalized spacial score (nSPS) is 25.6. The molecule has 3 rings (SSSR count). The molecular formula is C16H28N4. The highest BCUT2D eigenvalue weighted by Gasteiger charge is 2.41.